The van der Waals surface area contributed by atoms with Crippen LogP contribution in [0.1, 0.15) is 11.4 Å². The highest BCUT2D eigenvalue weighted by molar-refractivity contribution is 5.30. The van der Waals surface area contributed by atoms with Crippen molar-refractivity contribution in [2.45, 2.75) is 19.6 Å². The van der Waals surface area contributed by atoms with Crippen molar-refractivity contribution in [3.05, 3.63) is 41.7 Å². The number of benzene rings is 1. The topological polar surface area (TPSA) is 61.2 Å². The minimum atomic E-state index is -0.361. The van der Waals surface area contributed by atoms with E-state index in [1.165, 1.54) is 13.2 Å². The smallest absolute Gasteiger partial charge is 0.165 e. The van der Waals surface area contributed by atoms with E-state index in [-0.39, 0.29) is 11.6 Å². The molecule has 0 atom stereocenters. The highest BCUT2D eigenvalue weighted by Gasteiger charge is 2.05. The van der Waals surface area contributed by atoms with Crippen molar-refractivity contribution in [1.29, 1.82) is 0 Å². The van der Waals surface area contributed by atoms with Crippen LogP contribution in [0.5, 0.6) is 5.75 Å². The molecule has 0 unspecified atom stereocenters. The van der Waals surface area contributed by atoms with E-state index in [2.05, 4.69) is 15.5 Å². The van der Waals surface area contributed by atoms with Crippen molar-refractivity contribution in [3.63, 3.8) is 0 Å². The summed E-state index contributed by atoms with van der Waals surface area (Å²) in [4.78, 5) is 0. The zero-order valence-electron chi connectivity index (χ0n) is 12.2. The van der Waals surface area contributed by atoms with Gasteiger partial charge in [-0.05, 0) is 17.7 Å². The number of hydrogen-bond donors (Lipinski definition) is 1. The molecule has 2 rings (SSSR count). The molecule has 114 valence electrons. The van der Waals surface area contributed by atoms with Crippen LogP contribution in [0.4, 0.5) is 4.39 Å². The predicted molar refractivity (Wildman–Crippen MR) is 75.4 cm³/mol. The Morgan fingerprint density at radius 3 is 2.90 bits per heavy atom. The van der Waals surface area contributed by atoms with Crippen LogP contribution in [-0.2, 0) is 24.4 Å². The largest absolute Gasteiger partial charge is 0.494 e. The highest BCUT2D eigenvalue weighted by Crippen LogP contribution is 2.18. The van der Waals surface area contributed by atoms with Crippen molar-refractivity contribution in [1.82, 2.24) is 20.1 Å². The van der Waals surface area contributed by atoms with Gasteiger partial charge in [-0.15, -0.1) is 10.2 Å². The molecule has 0 bridgehead atoms. The van der Waals surface area contributed by atoms with Gasteiger partial charge in [0.1, 0.15) is 12.2 Å². The van der Waals surface area contributed by atoms with E-state index in [4.69, 9.17) is 9.47 Å². The molecule has 2 aromatic rings. The van der Waals surface area contributed by atoms with Crippen molar-refractivity contribution >= 4 is 0 Å². The first kappa shape index (κ1) is 15.4. The van der Waals surface area contributed by atoms with Crippen molar-refractivity contribution in [3.8, 4) is 5.75 Å². The molecule has 0 radical (unpaired) electrons. The first-order valence-electron chi connectivity index (χ1n) is 6.63. The molecule has 1 N–H and O–H groups in total. The third kappa shape index (κ3) is 4.24. The summed E-state index contributed by atoms with van der Waals surface area (Å²) in [6, 6.07) is 4.80. The van der Waals surface area contributed by atoms with E-state index in [9.17, 15) is 4.39 Å². The lowest BCUT2D eigenvalue weighted by molar-refractivity contribution is 0.186. The molecular formula is C14H19FN4O2. The van der Waals surface area contributed by atoms with Crippen molar-refractivity contribution in [2.24, 2.45) is 0 Å². The van der Waals surface area contributed by atoms with Gasteiger partial charge in [-0.25, -0.2) is 4.39 Å². The molecule has 0 saturated carbocycles. The molecule has 0 aliphatic carbocycles. The number of halogens is 1. The summed E-state index contributed by atoms with van der Waals surface area (Å²) in [7, 11) is 3.11. The highest BCUT2D eigenvalue weighted by atomic mass is 19.1. The molecule has 21 heavy (non-hydrogen) atoms. The normalized spacial score (nSPS) is 10.8. The maximum absolute atomic E-state index is 13.3. The van der Waals surface area contributed by atoms with E-state index in [0.717, 1.165) is 11.4 Å². The van der Waals surface area contributed by atoms with Crippen LogP contribution in [-0.4, -0.2) is 35.6 Å². The van der Waals surface area contributed by atoms with Gasteiger partial charge in [0.2, 0.25) is 0 Å². The summed E-state index contributed by atoms with van der Waals surface area (Å²) in [6.07, 6.45) is 1.68. The predicted octanol–water partition coefficient (Wildman–Crippen LogP) is 1.36. The Balaban J connectivity index is 1.88. The van der Waals surface area contributed by atoms with Gasteiger partial charge in [-0.3, -0.25) is 0 Å². The first-order chi connectivity index (χ1) is 10.2. The summed E-state index contributed by atoms with van der Waals surface area (Å²) in [5.41, 5.74) is 0.941. The van der Waals surface area contributed by atoms with Gasteiger partial charge in [0.25, 0.3) is 0 Å². The van der Waals surface area contributed by atoms with Crippen LogP contribution in [0.15, 0.2) is 24.5 Å². The lowest BCUT2D eigenvalue weighted by Gasteiger charge is -2.08. The van der Waals surface area contributed by atoms with Gasteiger partial charge in [-0.2, -0.15) is 0 Å². The maximum atomic E-state index is 13.3. The standard InChI is InChI=1S/C14H19FN4O2/c1-20-6-5-19-10-17-18-14(19)9-16-8-11-3-4-12(15)13(7-11)21-2/h3-4,7,10,16H,5-6,8-9H2,1-2H3. The average molecular weight is 294 g/mol. The lowest BCUT2D eigenvalue weighted by atomic mass is 10.2. The van der Waals surface area contributed by atoms with E-state index in [0.29, 0.717) is 26.2 Å². The number of rotatable bonds is 8. The SMILES string of the molecule is COCCn1cnnc1CNCc1ccc(F)c(OC)c1. The molecule has 1 aromatic carbocycles. The minimum absolute atomic E-state index is 0.248. The zero-order chi connectivity index (χ0) is 15.1. The van der Waals surface area contributed by atoms with E-state index < -0.39 is 0 Å². The second-order valence-corrected chi connectivity index (χ2v) is 4.51. The number of nitrogens with one attached hydrogen (secondary N) is 1. The molecule has 7 heteroatoms. The third-order valence-corrected chi connectivity index (χ3v) is 3.06. The molecule has 0 fully saturated rings. The van der Waals surface area contributed by atoms with Crippen molar-refractivity contribution < 1.29 is 13.9 Å². The van der Waals surface area contributed by atoms with E-state index in [1.807, 2.05) is 4.57 Å². The Kier molecular flexibility index (Phi) is 5.65. The Bertz CT molecular complexity index is 574. The van der Waals surface area contributed by atoms with Crippen LogP contribution in [0.3, 0.4) is 0 Å². The molecule has 0 spiro atoms. The van der Waals surface area contributed by atoms with Gasteiger partial charge >= 0.3 is 0 Å². The monoisotopic (exact) mass is 294 g/mol. The fourth-order valence-corrected chi connectivity index (χ4v) is 1.93. The molecule has 6 nitrogen and oxygen atoms in total. The number of hydrogen-bond acceptors (Lipinski definition) is 5. The zero-order valence-corrected chi connectivity index (χ0v) is 12.2. The fraction of sp³-hybridized carbons (Fsp3) is 0.429. The van der Waals surface area contributed by atoms with Crippen LogP contribution < -0.4 is 10.1 Å². The summed E-state index contributed by atoms with van der Waals surface area (Å²) in [6.45, 7) is 2.49. The number of aromatic nitrogens is 3. The van der Waals surface area contributed by atoms with Gasteiger partial charge in [0.15, 0.2) is 11.6 Å². The van der Waals surface area contributed by atoms with Crippen molar-refractivity contribution in [2.75, 3.05) is 20.8 Å². The number of ether oxygens (including phenoxy) is 2. The van der Waals surface area contributed by atoms with Crippen LogP contribution >= 0.6 is 0 Å². The molecule has 1 heterocycles. The fourth-order valence-electron chi connectivity index (χ4n) is 1.93. The Morgan fingerprint density at radius 1 is 1.29 bits per heavy atom. The molecule has 0 saturated heterocycles. The summed E-state index contributed by atoms with van der Waals surface area (Å²) in [5.74, 6) is 0.722. The molecular weight excluding hydrogens is 275 g/mol. The first-order valence-corrected chi connectivity index (χ1v) is 6.63. The van der Waals surface area contributed by atoms with Gasteiger partial charge < -0.3 is 19.4 Å². The Morgan fingerprint density at radius 2 is 2.14 bits per heavy atom. The van der Waals surface area contributed by atoms with Crippen LogP contribution in [0.2, 0.25) is 0 Å². The second kappa shape index (κ2) is 7.70. The number of nitrogens with zero attached hydrogens (tertiary/aromatic N) is 3. The maximum Gasteiger partial charge on any atom is 0.165 e. The number of methoxy groups -OCH3 is 2. The summed E-state index contributed by atoms with van der Waals surface area (Å²) >= 11 is 0. The summed E-state index contributed by atoms with van der Waals surface area (Å²) in [5, 5.41) is 11.2. The molecule has 0 aliphatic rings. The quantitative estimate of drug-likeness (QED) is 0.796. The molecule has 0 aliphatic heterocycles. The minimum Gasteiger partial charge on any atom is -0.494 e. The summed E-state index contributed by atoms with van der Waals surface area (Å²) < 4.78 is 25.2. The van der Waals surface area contributed by atoms with Gasteiger partial charge in [0.05, 0.1) is 20.3 Å². The Labute approximate surface area is 122 Å². The van der Waals surface area contributed by atoms with Crippen LogP contribution in [0.25, 0.3) is 0 Å². The third-order valence-electron chi connectivity index (χ3n) is 3.06. The van der Waals surface area contributed by atoms with Gasteiger partial charge in [-0.1, -0.05) is 6.07 Å². The Hall–Kier alpha value is -1.99. The van der Waals surface area contributed by atoms with Gasteiger partial charge in [0, 0.05) is 20.2 Å². The van der Waals surface area contributed by atoms with Crippen LogP contribution in [0, 0.1) is 5.82 Å². The van der Waals surface area contributed by atoms with E-state index >= 15 is 0 Å². The average Bonchev–Trinajstić information content (AvgIpc) is 2.94. The van der Waals surface area contributed by atoms with E-state index in [1.54, 1.807) is 25.6 Å². The molecule has 0 amide bonds. The second-order valence-electron chi connectivity index (χ2n) is 4.51. The molecule has 1 aromatic heterocycles. The lowest BCUT2D eigenvalue weighted by Crippen LogP contribution is -2.17.